The van der Waals surface area contributed by atoms with Crippen LogP contribution in [0.5, 0.6) is 11.5 Å². The van der Waals surface area contributed by atoms with Crippen molar-refractivity contribution in [2.75, 3.05) is 7.11 Å². The van der Waals surface area contributed by atoms with E-state index in [0.717, 1.165) is 47.7 Å². The van der Waals surface area contributed by atoms with E-state index in [1.54, 1.807) is 19.2 Å². The number of methoxy groups -OCH3 is 1. The molecule has 0 spiro atoms. The Morgan fingerprint density at radius 2 is 1.78 bits per heavy atom. The summed E-state index contributed by atoms with van der Waals surface area (Å²) in [6.45, 7) is 0.293. The third-order valence-corrected chi connectivity index (χ3v) is 7.28. The average molecular weight is 503 g/mol. The molecule has 3 aromatic rings. The number of benzene rings is 3. The number of hydrogen-bond acceptors (Lipinski definition) is 5. The lowest BCUT2D eigenvalue weighted by Crippen LogP contribution is -2.37. The molecule has 1 saturated carbocycles. The zero-order valence-electron chi connectivity index (χ0n) is 20.0. The number of ether oxygens (including phenoxy) is 2. The summed E-state index contributed by atoms with van der Waals surface area (Å²) in [5.74, 6) is 0.856. The van der Waals surface area contributed by atoms with Crippen molar-refractivity contribution in [2.45, 2.75) is 38.3 Å². The van der Waals surface area contributed by atoms with Gasteiger partial charge in [-0.05, 0) is 78.2 Å². The minimum Gasteiger partial charge on any atom is -0.493 e. The fourth-order valence-electron chi connectivity index (χ4n) is 4.45. The molecule has 0 aromatic heterocycles. The summed E-state index contributed by atoms with van der Waals surface area (Å²) in [6.07, 6.45) is 6.15. The SMILES string of the molecule is COc1cc(C=C2SC(=Nc3ccccc3)N(C3CCCC3)C2=O)ccc1OCc1ccc(F)cc1. The van der Waals surface area contributed by atoms with Crippen LogP contribution >= 0.6 is 11.8 Å². The third-order valence-electron chi connectivity index (χ3n) is 6.30. The van der Waals surface area contributed by atoms with E-state index in [1.165, 1.54) is 23.9 Å². The lowest BCUT2D eigenvalue weighted by Gasteiger charge is -2.22. The third kappa shape index (κ3) is 5.46. The molecule has 7 heteroatoms. The van der Waals surface area contributed by atoms with E-state index in [2.05, 4.69) is 0 Å². The van der Waals surface area contributed by atoms with Crippen molar-refractivity contribution in [3.63, 3.8) is 0 Å². The summed E-state index contributed by atoms with van der Waals surface area (Å²) in [5.41, 5.74) is 2.53. The molecule has 1 aliphatic carbocycles. The molecule has 1 aliphatic heterocycles. The Labute approximate surface area is 214 Å². The standard InChI is InChI=1S/C29H27FN2O3S/c1-34-26-17-21(13-16-25(26)35-19-20-11-14-22(30)15-12-20)18-27-28(33)32(24-9-5-6-10-24)29(36-27)31-23-7-3-2-4-8-23/h2-4,7-8,11-18,24H,5-6,9-10,19H2,1H3. The molecule has 5 rings (SSSR count). The summed E-state index contributed by atoms with van der Waals surface area (Å²) >= 11 is 1.41. The van der Waals surface area contributed by atoms with Crippen LogP contribution in [-0.4, -0.2) is 29.1 Å². The van der Waals surface area contributed by atoms with Gasteiger partial charge >= 0.3 is 0 Å². The highest BCUT2D eigenvalue weighted by molar-refractivity contribution is 8.18. The van der Waals surface area contributed by atoms with E-state index in [0.29, 0.717) is 23.0 Å². The van der Waals surface area contributed by atoms with Crippen molar-refractivity contribution >= 4 is 34.6 Å². The Bertz CT molecular complexity index is 1290. The number of thioether (sulfide) groups is 1. The molecule has 0 bridgehead atoms. The maximum atomic E-state index is 13.5. The molecule has 5 nitrogen and oxygen atoms in total. The number of aliphatic imine (C=N–C) groups is 1. The van der Waals surface area contributed by atoms with Crippen molar-refractivity contribution in [1.29, 1.82) is 0 Å². The first kappa shape index (κ1) is 24.1. The van der Waals surface area contributed by atoms with E-state index >= 15 is 0 Å². The summed E-state index contributed by atoms with van der Waals surface area (Å²) in [7, 11) is 1.58. The van der Waals surface area contributed by atoms with Gasteiger partial charge in [-0.2, -0.15) is 0 Å². The van der Waals surface area contributed by atoms with Crippen LogP contribution in [-0.2, 0) is 11.4 Å². The summed E-state index contributed by atoms with van der Waals surface area (Å²) in [5, 5.41) is 0.732. The summed E-state index contributed by atoms with van der Waals surface area (Å²) < 4.78 is 24.6. The smallest absolute Gasteiger partial charge is 0.267 e. The summed E-state index contributed by atoms with van der Waals surface area (Å²) in [6, 6.07) is 21.7. The Balaban J connectivity index is 1.38. The van der Waals surface area contributed by atoms with Crippen LogP contribution in [0.4, 0.5) is 10.1 Å². The van der Waals surface area contributed by atoms with Crippen molar-refractivity contribution in [1.82, 2.24) is 4.90 Å². The molecule has 3 aromatic carbocycles. The number of para-hydroxylation sites is 1. The largest absolute Gasteiger partial charge is 0.493 e. The number of carbonyl (C=O) groups excluding carboxylic acids is 1. The Morgan fingerprint density at radius 1 is 1.03 bits per heavy atom. The first-order chi connectivity index (χ1) is 17.6. The number of amides is 1. The van der Waals surface area contributed by atoms with Gasteiger partial charge in [0.1, 0.15) is 12.4 Å². The number of rotatable bonds is 7. The Kier molecular flexibility index (Phi) is 7.37. The van der Waals surface area contributed by atoms with E-state index in [9.17, 15) is 9.18 Å². The molecule has 0 radical (unpaired) electrons. The topological polar surface area (TPSA) is 51.1 Å². The first-order valence-electron chi connectivity index (χ1n) is 12.0. The van der Waals surface area contributed by atoms with Crippen LogP contribution in [0.25, 0.3) is 6.08 Å². The van der Waals surface area contributed by atoms with Crippen molar-refractivity contribution < 1.29 is 18.7 Å². The quantitative estimate of drug-likeness (QED) is 0.328. The van der Waals surface area contributed by atoms with Gasteiger partial charge in [0.05, 0.1) is 17.7 Å². The van der Waals surface area contributed by atoms with Gasteiger partial charge in [0, 0.05) is 6.04 Å². The van der Waals surface area contributed by atoms with Gasteiger partial charge in [0.15, 0.2) is 16.7 Å². The van der Waals surface area contributed by atoms with Crippen LogP contribution in [0.15, 0.2) is 82.7 Å². The lowest BCUT2D eigenvalue weighted by molar-refractivity contribution is -0.123. The molecule has 1 heterocycles. The molecule has 1 amide bonds. The number of amidine groups is 1. The second-order valence-corrected chi connectivity index (χ2v) is 9.79. The number of nitrogens with zero attached hydrogens (tertiary/aromatic N) is 2. The van der Waals surface area contributed by atoms with E-state index in [-0.39, 0.29) is 17.8 Å². The van der Waals surface area contributed by atoms with Gasteiger partial charge in [-0.15, -0.1) is 0 Å². The van der Waals surface area contributed by atoms with Gasteiger partial charge in [-0.25, -0.2) is 9.38 Å². The minimum atomic E-state index is -0.281. The monoisotopic (exact) mass is 502 g/mol. The molecule has 1 saturated heterocycles. The van der Waals surface area contributed by atoms with E-state index in [1.807, 2.05) is 59.5 Å². The molecule has 2 fully saturated rings. The second-order valence-electron chi connectivity index (χ2n) is 8.78. The molecule has 0 N–H and O–H groups in total. The second kappa shape index (κ2) is 11.0. The first-order valence-corrected chi connectivity index (χ1v) is 12.8. The molecule has 184 valence electrons. The van der Waals surface area contributed by atoms with Crippen LogP contribution in [0.2, 0.25) is 0 Å². The van der Waals surface area contributed by atoms with Gasteiger partial charge in [-0.3, -0.25) is 9.69 Å². The predicted octanol–water partition coefficient (Wildman–Crippen LogP) is 6.96. The van der Waals surface area contributed by atoms with E-state index < -0.39 is 0 Å². The fraction of sp³-hybridized carbons (Fsp3) is 0.241. The number of hydrogen-bond donors (Lipinski definition) is 0. The van der Waals surface area contributed by atoms with Crippen LogP contribution in [0, 0.1) is 5.82 Å². The molecule has 2 aliphatic rings. The zero-order chi connectivity index (χ0) is 24.9. The van der Waals surface area contributed by atoms with Gasteiger partial charge < -0.3 is 9.47 Å². The van der Waals surface area contributed by atoms with Crippen molar-refractivity contribution in [3.05, 3.63) is 94.6 Å². The van der Waals surface area contributed by atoms with Gasteiger partial charge in [-0.1, -0.05) is 49.2 Å². The van der Waals surface area contributed by atoms with E-state index in [4.69, 9.17) is 14.5 Å². The molecular formula is C29H27FN2O3S. The van der Waals surface area contributed by atoms with Crippen molar-refractivity contribution in [2.24, 2.45) is 4.99 Å². The fourth-order valence-corrected chi connectivity index (χ4v) is 5.51. The van der Waals surface area contributed by atoms with Crippen LogP contribution in [0.1, 0.15) is 36.8 Å². The highest BCUT2D eigenvalue weighted by Crippen LogP contribution is 2.39. The molecular weight excluding hydrogens is 475 g/mol. The van der Waals surface area contributed by atoms with Crippen molar-refractivity contribution in [3.8, 4) is 11.5 Å². The Morgan fingerprint density at radius 3 is 2.50 bits per heavy atom. The van der Waals surface area contributed by atoms with Gasteiger partial charge in [0.25, 0.3) is 5.91 Å². The average Bonchev–Trinajstić information content (AvgIpc) is 3.52. The molecule has 36 heavy (non-hydrogen) atoms. The maximum Gasteiger partial charge on any atom is 0.267 e. The zero-order valence-corrected chi connectivity index (χ0v) is 20.8. The number of carbonyl (C=O) groups is 1. The summed E-state index contributed by atoms with van der Waals surface area (Å²) in [4.78, 5) is 20.8. The highest BCUT2D eigenvalue weighted by Gasteiger charge is 2.39. The highest BCUT2D eigenvalue weighted by atomic mass is 32.2. The molecule has 0 atom stereocenters. The van der Waals surface area contributed by atoms with Crippen LogP contribution < -0.4 is 9.47 Å². The minimum absolute atomic E-state index is 0.00261. The maximum absolute atomic E-state index is 13.5. The van der Waals surface area contributed by atoms with Gasteiger partial charge in [0.2, 0.25) is 0 Å². The normalized spacial score (nSPS) is 18.4. The predicted molar refractivity (Wildman–Crippen MR) is 142 cm³/mol. The van der Waals surface area contributed by atoms with Crippen LogP contribution in [0.3, 0.4) is 0 Å². The number of halogens is 1. The Hall–Kier alpha value is -3.58. The lowest BCUT2D eigenvalue weighted by atomic mass is 10.1. The molecule has 0 unspecified atom stereocenters.